The minimum Gasteiger partial charge on any atom is -0.494 e. The average molecular weight is 450 g/mol. The van der Waals surface area contributed by atoms with Gasteiger partial charge in [-0.3, -0.25) is 0 Å². The third-order valence-corrected chi connectivity index (χ3v) is 6.61. The van der Waals surface area contributed by atoms with Gasteiger partial charge in [0.15, 0.2) is 6.29 Å². The highest BCUT2D eigenvalue weighted by Gasteiger charge is 2.23. The standard InChI is InChI=1S/C26H28FN3O3/c27-22-7-8-23(26-25(22)20(16-28)17-29-26)30-11-9-19(10-12-30)18-3-5-21(6-4-18)31-13-1-2-24-32-14-15-33-24/h3-8,17,19,24,29H,1-2,9-15H2. The molecule has 0 unspecified atom stereocenters. The first-order valence-corrected chi connectivity index (χ1v) is 11.6. The molecule has 2 saturated heterocycles. The van der Waals surface area contributed by atoms with Gasteiger partial charge < -0.3 is 24.1 Å². The van der Waals surface area contributed by atoms with E-state index in [1.807, 2.05) is 6.07 Å². The zero-order valence-corrected chi connectivity index (χ0v) is 18.6. The number of benzene rings is 2. The van der Waals surface area contributed by atoms with Crippen molar-refractivity contribution in [2.45, 2.75) is 37.9 Å². The molecule has 5 rings (SSSR count). The van der Waals surface area contributed by atoms with Gasteiger partial charge in [-0.25, -0.2) is 4.39 Å². The lowest BCUT2D eigenvalue weighted by Gasteiger charge is -2.34. The third kappa shape index (κ3) is 4.68. The van der Waals surface area contributed by atoms with E-state index in [9.17, 15) is 9.65 Å². The van der Waals surface area contributed by atoms with Gasteiger partial charge in [-0.2, -0.15) is 5.26 Å². The number of ether oxygens (including phenoxy) is 3. The molecule has 0 amide bonds. The summed E-state index contributed by atoms with van der Waals surface area (Å²) in [5.41, 5.74) is 3.34. The molecule has 0 saturated carbocycles. The first kappa shape index (κ1) is 21.7. The highest BCUT2D eigenvalue weighted by atomic mass is 19.1. The van der Waals surface area contributed by atoms with Crippen molar-refractivity contribution in [1.29, 1.82) is 5.26 Å². The number of hydrogen-bond donors (Lipinski definition) is 1. The second-order valence-corrected chi connectivity index (χ2v) is 8.62. The van der Waals surface area contributed by atoms with Crippen molar-refractivity contribution in [2.75, 3.05) is 37.8 Å². The van der Waals surface area contributed by atoms with E-state index in [0.29, 0.717) is 42.2 Å². The summed E-state index contributed by atoms with van der Waals surface area (Å²) < 4.78 is 31.0. The van der Waals surface area contributed by atoms with E-state index in [4.69, 9.17) is 14.2 Å². The van der Waals surface area contributed by atoms with E-state index < -0.39 is 0 Å². The molecule has 0 bridgehead atoms. The van der Waals surface area contributed by atoms with Gasteiger partial charge in [-0.1, -0.05) is 12.1 Å². The predicted molar refractivity (Wildman–Crippen MR) is 124 cm³/mol. The summed E-state index contributed by atoms with van der Waals surface area (Å²) in [5, 5.41) is 9.65. The molecular weight excluding hydrogens is 421 g/mol. The Morgan fingerprint density at radius 3 is 2.58 bits per heavy atom. The number of nitrogens with one attached hydrogen (secondary N) is 1. The van der Waals surface area contributed by atoms with Crippen LogP contribution < -0.4 is 9.64 Å². The molecule has 6 nitrogen and oxygen atoms in total. The van der Waals surface area contributed by atoms with Crippen LogP contribution in [0.3, 0.4) is 0 Å². The second-order valence-electron chi connectivity index (χ2n) is 8.62. The van der Waals surface area contributed by atoms with E-state index in [0.717, 1.165) is 50.2 Å². The molecule has 2 aromatic carbocycles. The maximum atomic E-state index is 14.3. The number of nitriles is 1. The molecule has 1 aromatic heterocycles. The molecule has 7 heteroatoms. The normalized spacial score (nSPS) is 17.5. The number of hydrogen-bond acceptors (Lipinski definition) is 5. The summed E-state index contributed by atoms with van der Waals surface area (Å²) in [6.07, 6.45) is 5.32. The van der Waals surface area contributed by atoms with Gasteiger partial charge in [0.1, 0.15) is 17.6 Å². The fourth-order valence-corrected chi connectivity index (χ4v) is 4.85. The number of piperidine rings is 1. The zero-order chi connectivity index (χ0) is 22.6. The van der Waals surface area contributed by atoms with Crippen LogP contribution in [0.4, 0.5) is 10.1 Å². The molecular formula is C26H28FN3O3. The number of aromatic amines is 1. The van der Waals surface area contributed by atoms with Gasteiger partial charge in [0, 0.05) is 25.7 Å². The van der Waals surface area contributed by atoms with Crippen LogP contribution >= 0.6 is 0 Å². The van der Waals surface area contributed by atoms with Crippen molar-refractivity contribution in [3.05, 3.63) is 59.5 Å². The van der Waals surface area contributed by atoms with E-state index in [1.54, 1.807) is 6.20 Å². The maximum Gasteiger partial charge on any atom is 0.157 e. The lowest BCUT2D eigenvalue weighted by atomic mass is 9.89. The summed E-state index contributed by atoms with van der Waals surface area (Å²) in [5.74, 6) is 1.02. The van der Waals surface area contributed by atoms with E-state index in [-0.39, 0.29) is 12.1 Å². The molecule has 0 spiro atoms. The summed E-state index contributed by atoms with van der Waals surface area (Å²) >= 11 is 0. The fraction of sp³-hybridized carbons (Fsp3) is 0.423. The lowest BCUT2D eigenvalue weighted by Crippen LogP contribution is -2.33. The molecule has 0 radical (unpaired) electrons. The molecule has 1 N–H and O–H groups in total. The zero-order valence-electron chi connectivity index (χ0n) is 18.6. The topological polar surface area (TPSA) is 70.5 Å². The van der Waals surface area contributed by atoms with Gasteiger partial charge in [0.05, 0.1) is 42.0 Å². The van der Waals surface area contributed by atoms with Crippen LogP contribution in [0.2, 0.25) is 0 Å². The van der Waals surface area contributed by atoms with Crippen LogP contribution in [0, 0.1) is 17.1 Å². The van der Waals surface area contributed by atoms with Crippen LogP contribution in [0.5, 0.6) is 5.75 Å². The fourth-order valence-electron chi connectivity index (χ4n) is 4.85. The predicted octanol–water partition coefficient (Wildman–Crippen LogP) is 5.09. The Morgan fingerprint density at radius 1 is 1.09 bits per heavy atom. The molecule has 2 fully saturated rings. The van der Waals surface area contributed by atoms with Gasteiger partial charge in [0.2, 0.25) is 0 Å². The van der Waals surface area contributed by atoms with Gasteiger partial charge in [0.25, 0.3) is 0 Å². The van der Waals surface area contributed by atoms with Gasteiger partial charge in [-0.15, -0.1) is 0 Å². The van der Waals surface area contributed by atoms with Crippen molar-refractivity contribution in [2.24, 2.45) is 0 Å². The van der Waals surface area contributed by atoms with Gasteiger partial charge in [-0.05, 0) is 55.0 Å². The largest absolute Gasteiger partial charge is 0.494 e. The average Bonchev–Trinajstić information content (AvgIpc) is 3.53. The van der Waals surface area contributed by atoms with Crippen molar-refractivity contribution >= 4 is 16.6 Å². The number of anilines is 1. The third-order valence-electron chi connectivity index (χ3n) is 6.61. The molecule has 3 aromatic rings. The number of fused-ring (bicyclic) bond motifs is 1. The van der Waals surface area contributed by atoms with Crippen LogP contribution in [0.1, 0.15) is 42.7 Å². The molecule has 33 heavy (non-hydrogen) atoms. The van der Waals surface area contributed by atoms with Crippen LogP contribution in [0.25, 0.3) is 10.9 Å². The molecule has 2 aliphatic heterocycles. The quantitative estimate of drug-likeness (QED) is 0.509. The first-order chi connectivity index (χ1) is 16.2. The Bertz CT molecular complexity index is 1120. The van der Waals surface area contributed by atoms with E-state index in [1.165, 1.54) is 11.6 Å². The van der Waals surface area contributed by atoms with Crippen LogP contribution in [-0.4, -0.2) is 44.2 Å². The number of nitrogens with zero attached hydrogens (tertiary/aromatic N) is 2. The summed E-state index contributed by atoms with van der Waals surface area (Å²) in [6, 6.07) is 13.8. The smallest absolute Gasteiger partial charge is 0.157 e. The second kappa shape index (κ2) is 9.82. The molecule has 2 aliphatic rings. The lowest BCUT2D eigenvalue weighted by molar-refractivity contribution is -0.0492. The van der Waals surface area contributed by atoms with E-state index >= 15 is 0 Å². The maximum absolute atomic E-state index is 14.3. The number of H-pyrrole nitrogens is 1. The van der Waals surface area contributed by atoms with E-state index in [2.05, 4.69) is 40.2 Å². The Morgan fingerprint density at radius 2 is 1.85 bits per heavy atom. The summed E-state index contributed by atoms with van der Waals surface area (Å²) in [7, 11) is 0. The Labute approximate surface area is 192 Å². The Balaban J connectivity index is 1.15. The Hall–Kier alpha value is -3.08. The number of halogens is 1. The summed E-state index contributed by atoms with van der Waals surface area (Å²) in [6.45, 7) is 3.80. The first-order valence-electron chi connectivity index (χ1n) is 11.6. The van der Waals surface area contributed by atoms with Crippen LogP contribution in [-0.2, 0) is 9.47 Å². The highest BCUT2D eigenvalue weighted by molar-refractivity contribution is 5.95. The molecule has 172 valence electrons. The monoisotopic (exact) mass is 449 g/mol. The minimum absolute atomic E-state index is 0.0711. The number of aromatic nitrogens is 1. The van der Waals surface area contributed by atoms with Gasteiger partial charge >= 0.3 is 0 Å². The van der Waals surface area contributed by atoms with Crippen molar-refractivity contribution < 1.29 is 18.6 Å². The highest BCUT2D eigenvalue weighted by Crippen LogP contribution is 2.35. The van der Waals surface area contributed by atoms with Crippen molar-refractivity contribution in [3.8, 4) is 11.8 Å². The molecule has 3 heterocycles. The van der Waals surface area contributed by atoms with Crippen molar-refractivity contribution in [1.82, 2.24) is 4.98 Å². The molecule has 0 atom stereocenters. The minimum atomic E-state index is -0.357. The number of rotatable bonds is 7. The summed E-state index contributed by atoms with van der Waals surface area (Å²) in [4.78, 5) is 5.38. The van der Waals surface area contributed by atoms with Crippen LogP contribution in [0.15, 0.2) is 42.6 Å². The SMILES string of the molecule is N#Cc1c[nH]c2c(N3CCC(c4ccc(OCCCC5OCCO5)cc4)CC3)ccc(F)c12. The molecule has 0 aliphatic carbocycles. The van der Waals surface area contributed by atoms with Crippen molar-refractivity contribution in [3.63, 3.8) is 0 Å². The Kier molecular flexibility index (Phi) is 6.47.